The molecular formula is C18H26F3N3O. The molecule has 0 atom stereocenters. The van der Waals surface area contributed by atoms with E-state index in [0.29, 0.717) is 19.0 Å². The Balaban J connectivity index is 1.71. The maximum atomic E-state index is 12.1. The average molecular weight is 357 g/mol. The lowest BCUT2D eigenvalue weighted by Gasteiger charge is -2.34. The molecule has 7 heteroatoms. The lowest BCUT2D eigenvalue weighted by molar-refractivity contribution is -0.139. The minimum atomic E-state index is -4.36. The molecule has 1 aliphatic rings. The summed E-state index contributed by atoms with van der Waals surface area (Å²) >= 11 is 0. The third kappa shape index (κ3) is 7.04. The van der Waals surface area contributed by atoms with Crippen LogP contribution in [0.15, 0.2) is 24.3 Å². The van der Waals surface area contributed by atoms with Crippen LogP contribution in [0.25, 0.3) is 0 Å². The number of carbonyl (C=O) groups is 1. The van der Waals surface area contributed by atoms with Gasteiger partial charge in [0.25, 0.3) is 0 Å². The van der Waals surface area contributed by atoms with Gasteiger partial charge in [0.2, 0.25) is 5.91 Å². The first kappa shape index (κ1) is 19.7. The van der Waals surface area contributed by atoms with Gasteiger partial charge < -0.3 is 5.32 Å². The second-order valence-electron chi connectivity index (χ2n) is 6.84. The highest BCUT2D eigenvalue weighted by Gasteiger charge is 2.28. The third-order valence-electron chi connectivity index (χ3n) is 4.37. The Morgan fingerprint density at radius 2 is 1.64 bits per heavy atom. The molecule has 0 unspecified atom stereocenters. The van der Waals surface area contributed by atoms with Crippen LogP contribution in [-0.2, 0) is 11.3 Å². The summed E-state index contributed by atoms with van der Waals surface area (Å²) in [5.74, 6) is -0.0591. The van der Waals surface area contributed by atoms with E-state index < -0.39 is 18.6 Å². The van der Waals surface area contributed by atoms with Crippen molar-refractivity contribution in [1.82, 2.24) is 15.1 Å². The van der Waals surface area contributed by atoms with E-state index in [1.807, 2.05) is 10.2 Å². The second-order valence-corrected chi connectivity index (χ2v) is 6.84. The van der Waals surface area contributed by atoms with Crippen LogP contribution >= 0.6 is 0 Å². The largest absolute Gasteiger partial charge is 0.405 e. The van der Waals surface area contributed by atoms with Gasteiger partial charge in [-0.05, 0) is 17.0 Å². The first-order valence-corrected chi connectivity index (χ1v) is 8.60. The van der Waals surface area contributed by atoms with Crippen molar-refractivity contribution in [2.24, 2.45) is 0 Å². The molecule has 2 rings (SSSR count). The Morgan fingerprint density at radius 3 is 2.16 bits per heavy atom. The third-order valence-corrected chi connectivity index (χ3v) is 4.37. The minimum absolute atomic E-state index is 0.0208. The van der Waals surface area contributed by atoms with Crippen LogP contribution < -0.4 is 5.32 Å². The van der Waals surface area contributed by atoms with E-state index in [9.17, 15) is 18.0 Å². The Kier molecular flexibility index (Phi) is 6.84. The van der Waals surface area contributed by atoms with E-state index in [2.05, 4.69) is 43.0 Å². The molecule has 1 aliphatic heterocycles. The highest BCUT2D eigenvalue weighted by atomic mass is 19.4. The van der Waals surface area contributed by atoms with Crippen molar-refractivity contribution in [2.75, 3.05) is 39.3 Å². The van der Waals surface area contributed by atoms with E-state index in [1.54, 1.807) is 0 Å². The van der Waals surface area contributed by atoms with Crippen LogP contribution in [0.2, 0.25) is 0 Å². The fourth-order valence-corrected chi connectivity index (χ4v) is 2.83. The average Bonchev–Trinajstić information content (AvgIpc) is 2.55. The van der Waals surface area contributed by atoms with Crippen molar-refractivity contribution in [1.29, 1.82) is 0 Å². The second kappa shape index (κ2) is 8.67. The van der Waals surface area contributed by atoms with Crippen molar-refractivity contribution in [3.8, 4) is 0 Å². The predicted molar refractivity (Wildman–Crippen MR) is 91.3 cm³/mol. The number of hydrogen-bond donors (Lipinski definition) is 1. The molecule has 1 heterocycles. The lowest BCUT2D eigenvalue weighted by atomic mass is 10.0. The first-order valence-electron chi connectivity index (χ1n) is 8.60. The summed E-state index contributed by atoms with van der Waals surface area (Å²) in [6.45, 7) is 6.92. The molecular weight excluding hydrogens is 331 g/mol. The summed E-state index contributed by atoms with van der Waals surface area (Å²) in [7, 11) is 0. The van der Waals surface area contributed by atoms with Gasteiger partial charge in [-0.3, -0.25) is 14.6 Å². The molecule has 1 aromatic rings. The monoisotopic (exact) mass is 357 g/mol. The van der Waals surface area contributed by atoms with Gasteiger partial charge in [0.1, 0.15) is 6.54 Å². The standard InChI is InChI=1S/C18H26F3N3O/c1-14(2)16-5-3-15(4-6-16)11-23-7-9-24(10-8-23)12-17(25)22-13-18(19,20)21/h3-6,14H,7-13H2,1-2H3,(H,22,25). The van der Waals surface area contributed by atoms with Crippen LogP contribution in [0.5, 0.6) is 0 Å². The molecule has 1 aromatic carbocycles. The van der Waals surface area contributed by atoms with Crippen LogP contribution in [-0.4, -0.2) is 61.2 Å². The van der Waals surface area contributed by atoms with E-state index >= 15 is 0 Å². The summed E-state index contributed by atoms with van der Waals surface area (Å²) in [6.07, 6.45) is -4.36. The number of hydrogen-bond acceptors (Lipinski definition) is 3. The van der Waals surface area contributed by atoms with Crippen molar-refractivity contribution in [3.05, 3.63) is 35.4 Å². The normalized spacial score (nSPS) is 17.0. The molecule has 140 valence electrons. The number of nitrogens with one attached hydrogen (secondary N) is 1. The fourth-order valence-electron chi connectivity index (χ4n) is 2.83. The lowest BCUT2D eigenvalue weighted by Crippen LogP contribution is -2.49. The van der Waals surface area contributed by atoms with Gasteiger partial charge in [-0.2, -0.15) is 13.2 Å². The Hall–Kier alpha value is -1.60. The molecule has 1 N–H and O–H groups in total. The zero-order chi connectivity index (χ0) is 18.4. The van der Waals surface area contributed by atoms with Crippen molar-refractivity contribution >= 4 is 5.91 Å². The molecule has 0 aromatic heterocycles. The number of halogens is 3. The number of rotatable bonds is 6. The minimum Gasteiger partial charge on any atom is -0.346 e. The van der Waals surface area contributed by atoms with Gasteiger partial charge >= 0.3 is 6.18 Å². The molecule has 1 saturated heterocycles. The Morgan fingerprint density at radius 1 is 1.08 bits per heavy atom. The number of amides is 1. The highest BCUT2D eigenvalue weighted by molar-refractivity contribution is 5.78. The Bertz CT molecular complexity index is 550. The molecule has 0 radical (unpaired) electrons. The molecule has 0 aliphatic carbocycles. The molecule has 4 nitrogen and oxygen atoms in total. The summed E-state index contributed by atoms with van der Waals surface area (Å²) in [5, 5.41) is 1.92. The maximum absolute atomic E-state index is 12.1. The molecule has 25 heavy (non-hydrogen) atoms. The van der Waals surface area contributed by atoms with E-state index in [1.165, 1.54) is 11.1 Å². The van der Waals surface area contributed by atoms with Crippen LogP contribution in [0, 0.1) is 0 Å². The molecule has 1 fully saturated rings. The van der Waals surface area contributed by atoms with Crippen LogP contribution in [0.3, 0.4) is 0 Å². The number of piperazine rings is 1. The maximum Gasteiger partial charge on any atom is 0.405 e. The Labute approximate surface area is 147 Å². The number of alkyl halides is 3. The quantitative estimate of drug-likeness (QED) is 0.850. The van der Waals surface area contributed by atoms with Crippen molar-refractivity contribution in [3.63, 3.8) is 0 Å². The van der Waals surface area contributed by atoms with Gasteiger partial charge in [0.05, 0.1) is 6.54 Å². The number of nitrogens with zero attached hydrogens (tertiary/aromatic N) is 2. The van der Waals surface area contributed by atoms with Crippen LogP contribution in [0.1, 0.15) is 30.9 Å². The van der Waals surface area contributed by atoms with Gasteiger partial charge in [-0.25, -0.2) is 0 Å². The molecule has 0 bridgehead atoms. The van der Waals surface area contributed by atoms with Gasteiger partial charge in [0, 0.05) is 32.7 Å². The van der Waals surface area contributed by atoms with Gasteiger partial charge in [0.15, 0.2) is 0 Å². The predicted octanol–water partition coefficient (Wildman–Crippen LogP) is 2.61. The molecule has 0 spiro atoms. The van der Waals surface area contributed by atoms with Crippen molar-refractivity contribution in [2.45, 2.75) is 32.5 Å². The number of benzene rings is 1. The smallest absolute Gasteiger partial charge is 0.346 e. The van der Waals surface area contributed by atoms with E-state index in [-0.39, 0.29) is 6.54 Å². The highest BCUT2D eigenvalue weighted by Crippen LogP contribution is 2.16. The van der Waals surface area contributed by atoms with Gasteiger partial charge in [-0.1, -0.05) is 38.1 Å². The zero-order valence-corrected chi connectivity index (χ0v) is 14.8. The summed E-state index contributed by atoms with van der Waals surface area (Å²) in [6, 6.07) is 8.60. The SMILES string of the molecule is CC(C)c1ccc(CN2CCN(CC(=O)NCC(F)(F)F)CC2)cc1. The molecule has 0 saturated carbocycles. The topological polar surface area (TPSA) is 35.6 Å². The summed E-state index contributed by atoms with van der Waals surface area (Å²) in [4.78, 5) is 15.7. The first-order chi connectivity index (χ1) is 11.7. The summed E-state index contributed by atoms with van der Waals surface area (Å²) < 4.78 is 36.3. The van der Waals surface area contributed by atoms with Crippen LogP contribution in [0.4, 0.5) is 13.2 Å². The van der Waals surface area contributed by atoms with E-state index in [0.717, 1.165) is 19.6 Å². The fraction of sp³-hybridized carbons (Fsp3) is 0.611. The van der Waals surface area contributed by atoms with Gasteiger partial charge in [-0.15, -0.1) is 0 Å². The van der Waals surface area contributed by atoms with Crippen molar-refractivity contribution < 1.29 is 18.0 Å². The number of carbonyl (C=O) groups excluding carboxylic acids is 1. The molecule has 1 amide bonds. The van der Waals surface area contributed by atoms with E-state index in [4.69, 9.17) is 0 Å². The summed E-state index contributed by atoms with van der Waals surface area (Å²) in [5.41, 5.74) is 2.57. The zero-order valence-electron chi connectivity index (χ0n) is 14.8.